The van der Waals surface area contributed by atoms with Crippen LogP contribution in [0.1, 0.15) is 21.8 Å². The summed E-state index contributed by atoms with van der Waals surface area (Å²) in [6.45, 7) is 0.309. The molecule has 0 N–H and O–H groups in total. The number of carbonyl (C=O) groups is 1. The SMILES string of the molecule is O=C(c1nc(-c2ccccn2)no1)c1c(Cl)n(Cc2ccc(Cl)cc2Cl)c2ccc(Cl)cc12. The van der Waals surface area contributed by atoms with Crippen LogP contribution in [0.25, 0.3) is 22.4 Å². The maximum atomic E-state index is 13.4. The third-order valence-electron chi connectivity index (χ3n) is 5.05. The van der Waals surface area contributed by atoms with Crippen LogP contribution in [0, 0.1) is 0 Å². The molecule has 10 heteroatoms. The number of benzene rings is 2. The molecule has 164 valence electrons. The van der Waals surface area contributed by atoms with Crippen molar-refractivity contribution in [2.24, 2.45) is 0 Å². The van der Waals surface area contributed by atoms with Gasteiger partial charge in [-0.25, -0.2) is 0 Å². The molecule has 0 unspecified atom stereocenters. The number of pyridine rings is 1. The fourth-order valence-corrected chi connectivity index (χ4v) is 4.49. The van der Waals surface area contributed by atoms with Gasteiger partial charge in [0.05, 0.1) is 17.6 Å². The van der Waals surface area contributed by atoms with E-state index in [2.05, 4.69) is 15.1 Å². The van der Waals surface area contributed by atoms with Gasteiger partial charge in [-0.2, -0.15) is 4.98 Å². The van der Waals surface area contributed by atoms with Gasteiger partial charge in [0, 0.05) is 26.7 Å². The highest BCUT2D eigenvalue weighted by Gasteiger charge is 2.27. The minimum atomic E-state index is -0.525. The van der Waals surface area contributed by atoms with E-state index in [0.29, 0.717) is 38.2 Å². The summed E-state index contributed by atoms with van der Waals surface area (Å²) in [6, 6.07) is 15.6. The molecule has 3 heterocycles. The summed E-state index contributed by atoms with van der Waals surface area (Å²) in [5, 5.41) is 6.09. The monoisotopic (exact) mass is 516 g/mol. The maximum Gasteiger partial charge on any atom is 0.299 e. The predicted octanol–water partition coefficient (Wildman–Crippen LogP) is 6.98. The minimum Gasteiger partial charge on any atom is -0.330 e. The summed E-state index contributed by atoms with van der Waals surface area (Å²) < 4.78 is 7.01. The molecule has 0 aliphatic carbocycles. The third kappa shape index (κ3) is 4.11. The molecule has 0 amide bonds. The summed E-state index contributed by atoms with van der Waals surface area (Å²) in [6.07, 6.45) is 1.60. The number of aromatic nitrogens is 4. The van der Waals surface area contributed by atoms with Gasteiger partial charge >= 0.3 is 0 Å². The van der Waals surface area contributed by atoms with Crippen LogP contribution in [0.4, 0.5) is 0 Å². The molecule has 3 aromatic heterocycles. The summed E-state index contributed by atoms with van der Waals surface area (Å²) in [5.74, 6) is -0.534. The first-order valence-electron chi connectivity index (χ1n) is 9.63. The van der Waals surface area contributed by atoms with Crippen molar-refractivity contribution >= 4 is 63.1 Å². The average Bonchev–Trinajstić information content (AvgIpc) is 3.39. The Bertz CT molecular complexity index is 1510. The molecule has 5 rings (SSSR count). The average molecular weight is 518 g/mol. The van der Waals surface area contributed by atoms with Crippen molar-refractivity contribution in [3.05, 3.63) is 98.0 Å². The molecular formula is C23H12Cl4N4O2. The molecule has 5 aromatic rings. The number of halogens is 4. The zero-order valence-electron chi connectivity index (χ0n) is 16.6. The number of nitrogens with zero attached hydrogens (tertiary/aromatic N) is 4. The molecule has 0 saturated carbocycles. The highest BCUT2D eigenvalue weighted by Crippen LogP contribution is 2.35. The minimum absolute atomic E-state index is 0.195. The Hall–Kier alpha value is -2.90. The van der Waals surface area contributed by atoms with Crippen molar-refractivity contribution in [3.8, 4) is 11.5 Å². The van der Waals surface area contributed by atoms with E-state index in [0.717, 1.165) is 5.56 Å². The topological polar surface area (TPSA) is 73.8 Å². The molecule has 33 heavy (non-hydrogen) atoms. The molecule has 0 aliphatic rings. The van der Waals surface area contributed by atoms with Crippen molar-refractivity contribution in [1.82, 2.24) is 19.7 Å². The van der Waals surface area contributed by atoms with Gasteiger partial charge in [-0.1, -0.05) is 63.7 Å². The summed E-state index contributed by atoms with van der Waals surface area (Å²) in [4.78, 5) is 21.8. The molecule has 6 nitrogen and oxygen atoms in total. The van der Waals surface area contributed by atoms with Gasteiger partial charge in [-0.15, -0.1) is 0 Å². The smallest absolute Gasteiger partial charge is 0.299 e. The fraction of sp³-hybridized carbons (Fsp3) is 0.0435. The number of rotatable bonds is 5. The lowest BCUT2D eigenvalue weighted by molar-refractivity contribution is 0.0995. The van der Waals surface area contributed by atoms with Gasteiger partial charge in [-0.05, 0) is 48.0 Å². The molecule has 0 spiro atoms. The zero-order chi connectivity index (χ0) is 23.1. The molecule has 0 atom stereocenters. The quantitative estimate of drug-likeness (QED) is 0.235. The molecule has 0 bridgehead atoms. The number of fused-ring (bicyclic) bond motifs is 1. The second-order valence-electron chi connectivity index (χ2n) is 7.12. The van der Waals surface area contributed by atoms with E-state index in [1.165, 1.54) is 0 Å². The molecule has 0 fully saturated rings. The lowest BCUT2D eigenvalue weighted by atomic mass is 10.1. The molecule has 0 radical (unpaired) electrons. The Labute approximate surface area is 207 Å². The Balaban J connectivity index is 1.61. The first-order valence-corrected chi connectivity index (χ1v) is 11.1. The standard InChI is InChI=1S/C23H12Cl4N4O2/c24-13-6-7-18-15(9-13)19(21(27)31(18)11-12-4-5-14(25)10-16(12)26)20(32)23-29-22(30-33-23)17-3-1-2-8-28-17/h1-10H,11H2. The van der Waals surface area contributed by atoms with E-state index in [1.54, 1.807) is 65.4 Å². The molecule has 2 aromatic carbocycles. The van der Waals surface area contributed by atoms with Crippen molar-refractivity contribution in [2.45, 2.75) is 6.54 Å². The first-order chi connectivity index (χ1) is 15.9. The van der Waals surface area contributed by atoms with Crippen LogP contribution in [-0.2, 0) is 6.54 Å². The van der Waals surface area contributed by atoms with E-state index >= 15 is 0 Å². The normalized spacial score (nSPS) is 11.3. The second-order valence-corrected chi connectivity index (χ2v) is 8.75. The largest absolute Gasteiger partial charge is 0.330 e. The van der Waals surface area contributed by atoms with E-state index in [4.69, 9.17) is 50.9 Å². The molecular weight excluding hydrogens is 506 g/mol. The summed E-state index contributed by atoms with van der Waals surface area (Å²) >= 11 is 25.4. The highest BCUT2D eigenvalue weighted by molar-refractivity contribution is 6.38. The van der Waals surface area contributed by atoms with Gasteiger partial charge in [0.2, 0.25) is 5.82 Å². The maximum absolute atomic E-state index is 13.4. The van der Waals surface area contributed by atoms with Gasteiger partial charge in [0.15, 0.2) is 0 Å². The van der Waals surface area contributed by atoms with Crippen molar-refractivity contribution in [2.75, 3.05) is 0 Å². The number of hydrogen-bond donors (Lipinski definition) is 0. The number of hydrogen-bond acceptors (Lipinski definition) is 5. The molecule has 0 saturated heterocycles. The highest BCUT2D eigenvalue weighted by atomic mass is 35.5. The van der Waals surface area contributed by atoms with Gasteiger partial charge < -0.3 is 9.09 Å². The van der Waals surface area contributed by atoms with Crippen molar-refractivity contribution < 1.29 is 9.32 Å². The van der Waals surface area contributed by atoms with Crippen LogP contribution >= 0.6 is 46.4 Å². The van der Waals surface area contributed by atoms with Crippen LogP contribution in [0.2, 0.25) is 20.2 Å². The van der Waals surface area contributed by atoms with Crippen LogP contribution in [-0.4, -0.2) is 25.5 Å². The Morgan fingerprint density at radius 3 is 2.52 bits per heavy atom. The van der Waals surface area contributed by atoms with E-state index < -0.39 is 5.78 Å². The lowest BCUT2D eigenvalue weighted by Gasteiger charge is -2.09. The Morgan fingerprint density at radius 2 is 1.76 bits per heavy atom. The lowest BCUT2D eigenvalue weighted by Crippen LogP contribution is -2.04. The number of ketones is 1. The van der Waals surface area contributed by atoms with Gasteiger partial charge in [0.1, 0.15) is 10.8 Å². The van der Waals surface area contributed by atoms with Crippen LogP contribution in [0.3, 0.4) is 0 Å². The fourth-order valence-electron chi connectivity index (χ4n) is 3.51. The zero-order valence-corrected chi connectivity index (χ0v) is 19.6. The first kappa shape index (κ1) is 21.9. The van der Waals surface area contributed by atoms with Crippen LogP contribution in [0.5, 0.6) is 0 Å². The Morgan fingerprint density at radius 1 is 0.970 bits per heavy atom. The summed E-state index contributed by atoms with van der Waals surface area (Å²) in [5.41, 5.74) is 2.16. The van der Waals surface area contributed by atoms with E-state index in [-0.39, 0.29) is 22.4 Å². The van der Waals surface area contributed by atoms with Crippen molar-refractivity contribution in [3.63, 3.8) is 0 Å². The second kappa shape index (κ2) is 8.80. The summed E-state index contributed by atoms with van der Waals surface area (Å²) in [7, 11) is 0. The van der Waals surface area contributed by atoms with Crippen LogP contribution < -0.4 is 0 Å². The van der Waals surface area contributed by atoms with E-state index in [9.17, 15) is 4.79 Å². The van der Waals surface area contributed by atoms with Gasteiger partial charge in [-0.3, -0.25) is 9.78 Å². The third-order valence-corrected chi connectivity index (χ3v) is 6.26. The van der Waals surface area contributed by atoms with Crippen molar-refractivity contribution in [1.29, 1.82) is 0 Å². The number of carbonyl (C=O) groups excluding carboxylic acids is 1. The Kier molecular flexibility index (Phi) is 5.85. The van der Waals surface area contributed by atoms with E-state index in [1.807, 2.05) is 0 Å². The van der Waals surface area contributed by atoms with Gasteiger partial charge in [0.25, 0.3) is 11.7 Å². The molecule has 0 aliphatic heterocycles. The predicted molar refractivity (Wildman–Crippen MR) is 128 cm³/mol. The van der Waals surface area contributed by atoms with Crippen LogP contribution in [0.15, 0.2) is 65.3 Å².